The molecule has 0 heterocycles. The normalized spacial score (nSPS) is 16.1. The Hall–Kier alpha value is -2.04. The molecular formula is C15H20N2O3. The summed E-state index contributed by atoms with van der Waals surface area (Å²) < 4.78 is 0. The van der Waals surface area contributed by atoms with Gasteiger partial charge in [-0.25, -0.2) is 9.59 Å². The average molecular weight is 276 g/mol. The van der Waals surface area contributed by atoms with E-state index in [1.807, 2.05) is 0 Å². The number of nitrogens with one attached hydrogen (secondary N) is 2. The maximum Gasteiger partial charge on any atom is 0.336 e. The summed E-state index contributed by atoms with van der Waals surface area (Å²) in [5.74, 6) is -0.990. The van der Waals surface area contributed by atoms with Gasteiger partial charge in [-0.1, -0.05) is 13.0 Å². The molecule has 1 saturated carbocycles. The van der Waals surface area contributed by atoms with Crippen LogP contribution in [0.25, 0.3) is 0 Å². The standard InChI is InChI=1S/C15H20N2O3/c1-3-15(8-5-9-15)17-14(20)16-12-7-4-6-11(10(12)2)13(18)19/h4,6-7H,3,5,8-9H2,1-2H3,(H,18,19)(H2,16,17,20). The Morgan fingerprint density at radius 1 is 1.35 bits per heavy atom. The Morgan fingerprint density at radius 3 is 2.55 bits per heavy atom. The molecule has 108 valence electrons. The fourth-order valence-electron chi connectivity index (χ4n) is 2.57. The highest BCUT2D eigenvalue weighted by molar-refractivity contribution is 5.95. The van der Waals surface area contributed by atoms with Crippen LogP contribution < -0.4 is 10.6 Å². The summed E-state index contributed by atoms with van der Waals surface area (Å²) in [5.41, 5.74) is 1.22. The highest BCUT2D eigenvalue weighted by atomic mass is 16.4. The minimum absolute atomic E-state index is 0.0810. The monoisotopic (exact) mass is 276 g/mol. The van der Waals surface area contributed by atoms with Crippen LogP contribution >= 0.6 is 0 Å². The number of anilines is 1. The van der Waals surface area contributed by atoms with Crippen LogP contribution in [0.3, 0.4) is 0 Å². The van der Waals surface area contributed by atoms with Crippen LogP contribution in [-0.2, 0) is 0 Å². The van der Waals surface area contributed by atoms with Gasteiger partial charge in [-0.2, -0.15) is 0 Å². The lowest BCUT2D eigenvalue weighted by molar-refractivity contribution is 0.0696. The molecule has 5 nitrogen and oxygen atoms in total. The molecule has 20 heavy (non-hydrogen) atoms. The Balaban J connectivity index is 2.08. The number of carbonyl (C=O) groups excluding carboxylic acids is 1. The molecule has 2 rings (SSSR count). The van der Waals surface area contributed by atoms with Crippen LogP contribution in [0.2, 0.25) is 0 Å². The first kappa shape index (κ1) is 14.4. The fraction of sp³-hybridized carbons (Fsp3) is 0.467. The number of hydrogen-bond acceptors (Lipinski definition) is 2. The van der Waals surface area contributed by atoms with Gasteiger partial charge in [0.05, 0.1) is 5.56 Å². The number of carbonyl (C=O) groups is 2. The molecule has 0 bridgehead atoms. The summed E-state index contributed by atoms with van der Waals surface area (Å²) in [5, 5.41) is 14.8. The van der Waals surface area contributed by atoms with Crippen LogP contribution in [0, 0.1) is 6.92 Å². The van der Waals surface area contributed by atoms with Crippen molar-refractivity contribution < 1.29 is 14.7 Å². The van der Waals surface area contributed by atoms with Gasteiger partial charge < -0.3 is 15.7 Å². The number of benzene rings is 1. The van der Waals surface area contributed by atoms with Crippen molar-refractivity contribution in [1.29, 1.82) is 0 Å². The summed E-state index contributed by atoms with van der Waals surface area (Å²) >= 11 is 0. The third-order valence-corrected chi connectivity index (χ3v) is 4.18. The maximum atomic E-state index is 12.0. The van der Waals surface area contributed by atoms with E-state index < -0.39 is 5.97 Å². The summed E-state index contributed by atoms with van der Waals surface area (Å²) in [7, 11) is 0. The first-order chi connectivity index (χ1) is 9.47. The van der Waals surface area contributed by atoms with Gasteiger partial charge in [0.25, 0.3) is 0 Å². The average Bonchev–Trinajstić information content (AvgIpc) is 2.36. The van der Waals surface area contributed by atoms with E-state index in [0.29, 0.717) is 11.3 Å². The van der Waals surface area contributed by atoms with Crippen LogP contribution in [0.1, 0.15) is 48.5 Å². The number of carboxylic acid groups (broad SMARTS) is 1. The lowest BCUT2D eigenvalue weighted by Gasteiger charge is -2.41. The predicted molar refractivity (Wildman–Crippen MR) is 77.2 cm³/mol. The van der Waals surface area contributed by atoms with E-state index in [4.69, 9.17) is 5.11 Å². The third-order valence-electron chi connectivity index (χ3n) is 4.18. The first-order valence-electron chi connectivity index (χ1n) is 6.89. The number of carboxylic acids is 1. The van der Waals surface area contributed by atoms with Gasteiger partial charge in [-0.15, -0.1) is 0 Å². The topological polar surface area (TPSA) is 78.4 Å². The molecule has 0 saturated heterocycles. The molecule has 1 fully saturated rings. The quantitative estimate of drug-likeness (QED) is 0.790. The highest BCUT2D eigenvalue weighted by Gasteiger charge is 2.36. The van der Waals surface area contributed by atoms with E-state index in [0.717, 1.165) is 25.7 Å². The Kier molecular flexibility index (Phi) is 3.97. The number of urea groups is 1. The molecule has 0 spiro atoms. The minimum Gasteiger partial charge on any atom is -0.478 e. The number of amides is 2. The highest BCUT2D eigenvalue weighted by Crippen LogP contribution is 2.34. The minimum atomic E-state index is -0.990. The third kappa shape index (κ3) is 2.76. The van der Waals surface area contributed by atoms with Gasteiger partial charge in [0.1, 0.15) is 0 Å². The largest absolute Gasteiger partial charge is 0.478 e. The molecule has 1 aliphatic rings. The van der Waals surface area contributed by atoms with E-state index in [9.17, 15) is 9.59 Å². The zero-order valence-corrected chi connectivity index (χ0v) is 11.8. The van der Waals surface area contributed by atoms with Crippen molar-refractivity contribution >= 4 is 17.7 Å². The van der Waals surface area contributed by atoms with E-state index >= 15 is 0 Å². The van der Waals surface area contributed by atoms with Crippen molar-refractivity contribution in [2.24, 2.45) is 0 Å². The van der Waals surface area contributed by atoms with E-state index in [1.54, 1.807) is 19.1 Å². The molecule has 0 radical (unpaired) electrons. The van der Waals surface area contributed by atoms with E-state index in [-0.39, 0.29) is 17.1 Å². The van der Waals surface area contributed by atoms with Crippen molar-refractivity contribution in [3.05, 3.63) is 29.3 Å². The Bertz CT molecular complexity index is 530. The van der Waals surface area contributed by atoms with E-state index in [1.165, 1.54) is 6.07 Å². The second-order valence-corrected chi connectivity index (χ2v) is 5.35. The van der Waals surface area contributed by atoms with Gasteiger partial charge in [0, 0.05) is 11.2 Å². The zero-order chi connectivity index (χ0) is 14.8. The Morgan fingerprint density at radius 2 is 2.05 bits per heavy atom. The summed E-state index contributed by atoms with van der Waals surface area (Å²) in [4.78, 5) is 23.1. The van der Waals surface area contributed by atoms with Crippen LogP contribution in [0.5, 0.6) is 0 Å². The molecule has 1 aromatic carbocycles. The van der Waals surface area contributed by atoms with Crippen LogP contribution in [0.15, 0.2) is 18.2 Å². The molecule has 0 atom stereocenters. The molecule has 0 unspecified atom stereocenters. The number of rotatable bonds is 4. The summed E-state index contributed by atoms with van der Waals surface area (Å²) in [6.45, 7) is 3.76. The van der Waals surface area contributed by atoms with Crippen molar-refractivity contribution in [1.82, 2.24) is 5.32 Å². The molecule has 1 aromatic rings. The van der Waals surface area contributed by atoms with Gasteiger partial charge in [0.2, 0.25) is 0 Å². The van der Waals surface area contributed by atoms with Crippen molar-refractivity contribution in [3.63, 3.8) is 0 Å². The lowest BCUT2D eigenvalue weighted by Crippen LogP contribution is -2.54. The smallest absolute Gasteiger partial charge is 0.336 e. The van der Waals surface area contributed by atoms with Crippen molar-refractivity contribution in [2.75, 3.05) is 5.32 Å². The van der Waals surface area contributed by atoms with Crippen LogP contribution in [0.4, 0.5) is 10.5 Å². The van der Waals surface area contributed by atoms with Crippen molar-refractivity contribution in [3.8, 4) is 0 Å². The van der Waals surface area contributed by atoms with Crippen LogP contribution in [-0.4, -0.2) is 22.6 Å². The fourth-order valence-corrected chi connectivity index (χ4v) is 2.57. The molecule has 2 amide bonds. The molecule has 3 N–H and O–H groups in total. The van der Waals surface area contributed by atoms with Gasteiger partial charge in [-0.3, -0.25) is 0 Å². The van der Waals surface area contributed by atoms with E-state index in [2.05, 4.69) is 17.6 Å². The lowest BCUT2D eigenvalue weighted by atomic mass is 9.75. The van der Waals surface area contributed by atoms with Crippen molar-refractivity contribution in [2.45, 2.75) is 45.1 Å². The second-order valence-electron chi connectivity index (χ2n) is 5.35. The summed E-state index contributed by atoms with van der Waals surface area (Å²) in [6.07, 6.45) is 4.06. The number of hydrogen-bond donors (Lipinski definition) is 3. The van der Waals surface area contributed by atoms with Gasteiger partial charge in [0.15, 0.2) is 0 Å². The molecular weight excluding hydrogens is 256 g/mol. The Labute approximate surface area is 118 Å². The molecule has 0 aliphatic heterocycles. The maximum absolute atomic E-state index is 12.0. The first-order valence-corrected chi connectivity index (χ1v) is 6.89. The zero-order valence-electron chi connectivity index (χ0n) is 11.8. The second kappa shape index (κ2) is 5.53. The SMILES string of the molecule is CCC1(NC(=O)Nc2cccc(C(=O)O)c2C)CCC1. The predicted octanol–water partition coefficient (Wildman–Crippen LogP) is 3.15. The van der Waals surface area contributed by atoms with Gasteiger partial charge >= 0.3 is 12.0 Å². The van der Waals surface area contributed by atoms with Gasteiger partial charge in [-0.05, 0) is 50.3 Å². The number of aromatic carboxylic acids is 1. The molecule has 0 aromatic heterocycles. The molecule has 5 heteroatoms. The molecule has 1 aliphatic carbocycles. The summed E-state index contributed by atoms with van der Waals surface area (Å²) in [6, 6.07) is 4.60.